The maximum Gasteiger partial charge on any atom is 0.305 e. The summed E-state index contributed by atoms with van der Waals surface area (Å²) in [5.41, 5.74) is 0. The lowest BCUT2D eigenvalue weighted by Gasteiger charge is -2.25. The largest absolute Gasteiger partial charge is 0.423 e. The van der Waals surface area contributed by atoms with E-state index in [1.165, 1.54) is 19.8 Å². The fraction of sp³-hybridized carbons (Fsp3) is 0.818. The van der Waals surface area contributed by atoms with E-state index in [-0.39, 0.29) is 5.97 Å². The standard InChI is InChI=1S/C11H18N2O3/c1-3-10-12-11(15-8(2)14)13(16-10)9-6-4-5-7-9/h9,11H,3-7H2,1-2H3. The second-order valence-corrected chi connectivity index (χ2v) is 4.20. The molecule has 2 aliphatic rings. The smallest absolute Gasteiger partial charge is 0.305 e. The zero-order chi connectivity index (χ0) is 11.5. The Morgan fingerprint density at radius 3 is 2.81 bits per heavy atom. The number of ether oxygens (including phenoxy) is 1. The normalized spacial score (nSPS) is 26.6. The Labute approximate surface area is 95.4 Å². The van der Waals surface area contributed by atoms with E-state index in [0.29, 0.717) is 11.9 Å². The highest BCUT2D eigenvalue weighted by Crippen LogP contribution is 2.29. The lowest BCUT2D eigenvalue weighted by atomic mass is 10.2. The van der Waals surface area contributed by atoms with Crippen LogP contribution in [-0.2, 0) is 14.4 Å². The fourth-order valence-electron chi connectivity index (χ4n) is 2.17. The molecule has 0 amide bonds. The average Bonchev–Trinajstić information content (AvgIpc) is 2.84. The second-order valence-electron chi connectivity index (χ2n) is 4.20. The Morgan fingerprint density at radius 2 is 2.25 bits per heavy atom. The molecule has 5 heteroatoms. The summed E-state index contributed by atoms with van der Waals surface area (Å²) in [4.78, 5) is 20.8. The molecule has 0 aromatic rings. The first-order valence-corrected chi connectivity index (χ1v) is 5.91. The monoisotopic (exact) mass is 226 g/mol. The summed E-state index contributed by atoms with van der Waals surface area (Å²) >= 11 is 0. The molecule has 1 atom stereocenters. The third kappa shape index (κ3) is 2.35. The van der Waals surface area contributed by atoms with Gasteiger partial charge in [0.1, 0.15) is 0 Å². The molecule has 1 saturated carbocycles. The Hall–Kier alpha value is -1.10. The van der Waals surface area contributed by atoms with Gasteiger partial charge in [0.25, 0.3) is 6.35 Å². The van der Waals surface area contributed by atoms with Crippen LogP contribution in [0.3, 0.4) is 0 Å². The van der Waals surface area contributed by atoms with Crippen molar-refractivity contribution in [1.82, 2.24) is 5.06 Å². The number of carbonyl (C=O) groups is 1. The molecule has 1 fully saturated rings. The molecule has 0 saturated heterocycles. The molecule has 1 aliphatic carbocycles. The molecule has 0 aromatic heterocycles. The molecular weight excluding hydrogens is 208 g/mol. The topological polar surface area (TPSA) is 51.1 Å². The van der Waals surface area contributed by atoms with Crippen LogP contribution in [-0.4, -0.2) is 29.3 Å². The third-order valence-electron chi connectivity index (χ3n) is 2.94. The van der Waals surface area contributed by atoms with Gasteiger partial charge in [-0.25, -0.2) is 0 Å². The first kappa shape index (κ1) is 11.4. The molecule has 0 N–H and O–H groups in total. The van der Waals surface area contributed by atoms with Crippen LogP contribution in [0.5, 0.6) is 0 Å². The van der Waals surface area contributed by atoms with Gasteiger partial charge in [0, 0.05) is 13.3 Å². The van der Waals surface area contributed by atoms with E-state index in [4.69, 9.17) is 9.57 Å². The van der Waals surface area contributed by atoms with E-state index >= 15 is 0 Å². The van der Waals surface area contributed by atoms with Crippen molar-refractivity contribution in [2.24, 2.45) is 4.99 Å². The van der Waals surface area contributed by atoms with Crippen molar-refractivity contribution in [1.29, 1.82) is 0 Å². The quantitative estimate of drug-likeness (QED) is 0.689. The van der Waals surface area contributed by atoms with Gasteiger partial charge in [-0.05, 0) is 12.8 Å². The van der Waals surface area contributed by atoms with Crippen LogP contribution < -0.4 is 0 Å². The Kier molecular flexibility index (Phi) is 3.43. The van der Waals surface area contributed by atoms with Crippen LogP contribution in [0.1, 0.15) is 46.0 Å². The summed E-state index contributed by atoms with van der Waals surface area (Å²) < 4.78 is 5.14. The van der Waals surface area contributed by atoms with Gasteiger partial charge in [0.15, 0.2) is 0 Å². The van der Waals surface area contributed by atoms with Gasteiger partial charge < -0.3 is 9.57 Å². The number of rotatable bonds is 3. The first-order valence-electron chi connectivity index (χ1n) is 5.91. The van der Waals surface area contributed by atoms with Crippen molar-refractivity contribution in [2.75, 3.05) is 0 Å². The minimum atomic E-state index is -0.574. The highest BCUT2D eigenvalue weighted by molar-refractivity contribution is 5.77. The molecule has 0 aromatic carbocycles. The van der Waals surface area contributed by atoms with Crippen LogP contribution in [0.25, 0.3) is 0 Å². The van der Waals surface area contributed by atoms with Gasteiger partial charge in [-0.2, -0.15) is 4.99 Å². The van der Waals surface area contributed by atoms with E-state index in [1.807, 2.05) is 6.92 Å². The summed E-state index contributed by atoms with van der Waals surface area (Å²) in [6.45, 7) is 3.37. The van der Waals surface area contributed by atoms with E-state index < -0.39 is 6.35 Å². The Morgan fingerprint density at radius 1 is 1.56 bits per heavy atom. The Balaban J connectivity index is 2.03. The highest BCUT2D eigenvalue weighted by atomic mass is 16.7. The minimum Gasteiger partial charge on any atom is -0.423 e. The van der Waals surface area contributed by atoms with Crippen molar-refractivity contribution in [3.8, 4) is 0 Å². The lowest BCUT2D eigenvalue weighted by Crippen LogP contribution is -2.39. The number of nitrogens with zero attached hydrogens (tertiary/aromatic N) is 2. The molecule has 0 radical (unpaired) electrons. The SMILES string of the molecule is CCC1=NC(OC(C)=O)N(C2CCCC2)O1. The molecule has 16 heavy (non-hydrogen) atoms. The lowest BCUT2D eigenvalue weighted by molar-refractivity contribution is -0.205. The predicted octanol–water partition coefficient (Wildman–Crippen LogP) is 1.83. The molecule has 1 unspecified atom stereocenters. The van der Waals surface area contributed by atoms with Crippen molar-refractivity contribution >= 4 is 11.9 Å². The van der Waals surface area contributed by atoms with Crippen LogP contribution in [0.2, 0.25) is 0 Å². The molecule has 90 valence electrons. The van der Waals surface area contributed by atoms with Crippen molar-refractivity contribution in [3.05, 3.63) is 0 Å². The van der Waals surface area contributed by atoms with E-state index in [0.717, 1.165) is 19.3 Å². The van der Waals surface area contributed by atoms with Gasteiger partial charge >= 0.3 is 5.97 Å². The average molecular weight is 226 g/mol. The summed E-state index contributed by atoms with van der Waals surface area (Å²) in [5.74, 6) is 0.329. The van der Waals surface area contributed by atoms with E-state index in [1.54, 1.807) is 5.06 Å². The predicted molar refractivity (Wildman–Crippen MR) is 58.5 cm³/mol. The van der Waals surface area contributed by atoms with Crippen molar-refractivity contribution < 1.29 is 14.4 Å². The highest BCUT2D eigenvalue weighted by Gasteiger charge is 2.37. The van der Waals surface area contributed by atoms with Gasteiger partial charge in [0.05, 0.1) is 6.04 Å². The van der Waals surface area contributed by atoms with Gasteiger partial charge in [-0.15, -0.1) is 0 Å². The number of hydrogen-bond donors (Lipinski definition) is 0. The summed E-state index contributed by atoms with van der Waals surface area (Å²) in [6.07, 6.45) is 4.74. The maximum absolute atomic E-state index is 11.0. The number of carbonyl (C=O) groups excluding carboxylic acids is 1. The van der Waals surface area contributed by atoms with Crippen LogP contribution in [0, 0.1) is 0 Å². The fourth-order valence-corrected chi connectivity index (χ4v) is 2.17. The van der Waals surface area contributed by atoms with Crippen molar-refractivity contribution in [3.63, 3.8) is 0 Å². The number of hydroxylamine groups is 2. The Bertz CT molecular complexity index is 298. The van der Waals surface area contributed by atoms with Crippen LogP contribution in [0.4, 0.5) is 0 Å². The zero-order valence-electron chi connectivity index (χ0n) is 9.81. The molecule has 1 heterocycles. The summed E-state index contributed by atoms with van der Waals surface area (Å²) in [6, 6.07) is 0.331. The minimum absolute atomic E-state index is 0.322. The van der Waals surface area contributed by atoms with Gasteiger partial charge in [-0.3, -0.25) is 4.79 Å². The maximum atomic E-state index is 11.0. The van der Waals surface area contributed by atoms with Gasteiger partial charge in [-0.1, -0.05) is 24.8 Å². The number of esters is 1. The summed E-state index contributed by atoms with van der Waals surface area (Å²) in [7, 11) is 0. The molecule has 2 rings (SSSR count). The van der Waals surface area contributed by atoms with E-state index in [9.17, 15) is 4.79 Å². The number of aliphatic imine (C=N–C) groups is 1. The molecule has 5 nitrogen and oxygen atoms in total. The number of hydrogen-bond acceptors (Lipinski definition) is 5. The van der Waals surface area contributed by atoms with Gasteiger partial charge in [0.2, 0.25) is 5.90 Å². The zero-order valence-corrected chi connectivity index (χ0v) is 9.81. The van der Waals surface area contributed by atoms with Crippen LogP contribution in [0.15, 0.2) is 4.99 Å². The third-order valence-corrected chi connectivity index (χ3v) is 2.94. The molecular formula is C11H18N2O3. The molecule has 0 spiro atoms. The summed E-state index contributed by atoms with van der Waals surface area (Å²) in [5, 5.41) is 1.74. The van der Waals surface area contributed by atoms with Crippen molar-refractivity contribution in [2.45, 2.75) is 58.3 Å². The van der Waals surface area contributed by atoms with E-state index in [2.05, 4.69) is 4.99 Å². The molecule has 0 bridgehead atoms. The second kappa shape index (κ2) is 4.82. The van der Waals surface area contributed by atoms with Crippen LogP contribution >= 0.6 is 0 Å². The first-order chi connectivity index (χ1) is 7.70. The molecule has 1 aliphatic heterocycles.